The van der Waals surface area contributed by atoms with Gasteiger partial charge in [-0.3, -0.25) is 14.8 Å². The second kappa shape index (κ2) is 6.48. The normalized spacial score (nSPS) is 20.9. The highest BCUT2D eigenvalue weighted by Gasteiger charge is 2.26. The number of hydrogen-bond acceptors (Lipinski definition) is 7. The fourth-order valence-corrected chi connectivity index (χ4v) is 3.02. The molecule has 2 aromatic heterocycles. The number of piperazine rings is 1. The van der Waals surface area contributed by atoms with Gasteiger partial charge in [0.05, 0.1) is 24.1 Å². The first-order valence-electron chi connectivity index (χ1n) is 8.08. The molecule has 124 valence electrons. The number of carbonyl (C=O) groups is 1. The number of amides is 1. The Bertz CT molecular complexity index is 733. The van der Waals surface area contributed by atoms with Crippen molar-refractivity contribution >= 4 is 11.9 Å². The molecule has 0 radical (unpaired) electrons. The molecular formula is C16H18N6O2. The maximum absolute atomic E-state index is 11.6. The molecule has 0 spiro atoms. The molecule has 2 fully saturated rings. The lowest BCUT2D eigenvalue weighted by atomic mass is 10.1. The SMILES string of the molecule is O=C1CN(c2ncc(-c3cnccn3)c([C@H]3CCCO3)n2)CCN1. The first kappa shape index (κ1) is 14.9. The minimum atomic E-state index is -0.0672. The molecule has 0 aromatic carbocycles. The van der Waals surface area contributed by atoms with Gasteiger partial charge in [0.15, 0.2) is 0 Å². The van der Waals surface area contributed by atoms with Crippen molar-refractivity contribution in [3.63, 3.8) is 0 Å². The molecule has 0 saturated carbocycles. The predicted molar refractivity (Wildman–Crippen MR) is 86.2 cm³/mol. The summed E-state index contributed by atoms with van der Waals surface area (Å²) in [5.41, 5.74) is 2.38. The maximum atomic E-state index is 11.6. The second-order valence-electron chi connectivity index (χ2n) is 5.83. The van der Waals surface area contributed by atoms with Crippen LogP contribution < -0.4 is 10.2 Å². The summed E-state index contributed by atoms with van der Waals surface area (Å²) in [6, 6.07) is 0. The lowest BCUT2D eigenvalue weighted by Gasteiger charge is -2.27. The average Bonchev–Trinajstić information content (AvgIpc) is 3.16. The molecule has 0 unspecified atom stereocenters. The zero-order valence-electron chi connectivity index (χ0n) is 13.2. The Labute approximate surface area is 139 Å². The smallest absolute Gasteiger partial charge is 0.239 e. The van der Waals surface area contributed by atoms with Gasteiger partial charge in [-0.15, -0.1) is 0 Å². The third-order valence-electron chi connectivity index (χ3n) is 4.20. The molecule has 2 aromatic rings. The Morgan fingerprint density at radius 2 is 2.21 bits per heavy atom. The highest BCUT2D eigenvalue weighted by atomic mass is 16.5. The van der Waals surface area contributed by atoms with Crippen molar-refractivity contribution in [2.45, 2.75) is 18.9 Å². The molecule has 2 aliphatic heterocycles. The van der Waals surface area contributed by atoms with Crippen molar-refractivity contribution in [3.05, 3.63) is 30.5 Å². The Kier molecular flexibility index (Phi) is 4.04. The summed E-state index contributed by atoms with van der Waals surface area (Å²) < 4.78 is 5.83. The van der Waals surface area contributed by atoms with Crippen LogP contribution in [0.2, 0.25) is 0 Å². The van der Waals surface area contributed by atoms with E-state index in [-0.39, 0.29) is 18.6 Å². The van der Waals surface area contributed by atoms with Gasteiger partial charge in [0.2, 0.25) is 11.9 Å². The molecule has 1 N–H and O–H groups in total. The Hall–Kier alpha value is -2.61. The van der Waals surface area contributed by atoms with Crippen molar-refractivity contribution in [1.82, 2.24) is 25.3 Å². The van der Waals surface area contributed by atoms with Crippen LogP contribution in [0.4, 0.5) is 5.95 Å². The minimum Gasteiger partial charge on any atom is -0.372 e. The van der Waals surface area contributed by atoms with Gasteiger partial charge >= 0.3 is 0 Å². The van der Waals surface area contributed by atoms with Gasteiger partial charge in [-0.25, -0.2) is 9.97 Å². The number of carbonyl (C=O) groups excluding carboxylic acids is 1. The van der Waals surface area contributed by atoms with E-state index in [2.05, 4.69) is 20.3 Å². The van der Waals surface area contributed by atoms with E-state index in [1.54, 1.807) is 24.8 Å². The lowest BCUT2D eigenvalue weighted by molar-refractivity contribution is -0.120. The Morgan fingerprint density at radius 3 is 2.96 bits per heavy atom. The summed E-state index contributed by atoms with van der Waals surface area (Å²) >= 11 is 0. The number of ether oxygens (including phenoxy) is 1. The van der Waals surface area contributed by atoms with Gasteiger partial charge in [0.25, 0.3) is 0 Å². The summed E-state index contributed by atoms with van der Waals surface area (Å²) in [5, 5.41) is 2.81. The molecule has 1 atom stereocenters. The van der Waals surface area contributed by atoms with E-state index in [9.17, 15) is 4.79 Å². The number of nitrogens with zero attached hydrogens (tertiary/aromatic N) is 5. The van der Waals surface area contributed by atoms with Crippen molar-refractivity contribution in [1.29, 1.82) is 0 Å². The van der Waals surface area contributed by atoms with E-state index in [0.29, 0.717) is 19.0 Å². The highest BCUT2D eigenvalue weighted by Crippen LogP contribution is 2.34. The fourth-order valence-electron chi connectivity index (χ4n) is 3.02. The van der Waals surface area contributed by atoms with Crippen molar-refractivity contribution in [2.24, 2.45) is 0 Å². The van der Waals surface area contributed by atoms with Crippen molar-refractivity contribution < 1.29 is 9.53 Å². The molecule has 0 aliphatic carbocycles. The largest absolute Gasteiger partial charge is 0.372 e. The van der Waals surface area contributed by atoms with Gasteiger partial charge < -0.3 is 15.0 Å². The van der Waals surface area contributed by atoms with E-state index >= 15 is 0 Å². The van der Waals surface area contributed by atoms with Gasteiger partial charge in [0, 0.05) is 43.9 Å². The van der Waals surface area contributed by atoms with E-state index in [4.69, 9.17) is 9.72 Å². The van der Waals surface area contributed by atoms with E-state index in [1.165, 1.54) is 0 Å². The Balaban J connectivity index is 1.73. The standard InChI is InChI=1S/C16H18N6O2/c23-14-10-22(6-5-19-14)16-20-8-11(12-9-17-3-4-18-12)15(21-16)13-2-1-7-24-13/h3-4,8-9,13H,1-2,5-7,10H2,(H,19,23)/t13-/m1/s1. The summed E-state index contributed by atoms with van der Waals surface area (Å²) in [6.45, 7) is 2.30. The zero-order chi connectivity index (χ0) is 16.4. The van der Waals surface area contributed by atoms with Crippen LogP contribution in [-0.2, 0) is 9.53 Å². The summed E-state index contributed by atoms with van der Waals surface area (Å²) in [5.74, 6) is 0.546. The van der Waals surface area contributed by atoms with Gasteiger partial charge in [-0.1, -0.05) is 0 Å². The number of aromatic nitrogens is 4. The van der Waals surface area contributed by atoms with Crippen LogP contribution >= 0.6 is 0 Å². The van der Waals surface area contributed by atoms with Crippen molar-refractivity contribution in [3.8, 4) is 11.3 Å². The molecule has 2 aliphatic rings. The summed E-state index contributed by atoms with van der Waals surface area (Å²) in [4.78, 5) is 31.2. The maximum Gasteiger partial charge on any atom is 0.239 e. The molecule has 24 heavy (non-hydrogen) atoms. The predicted octanol–water partition coefficient (Wildman–Crippen LogP) is 0.721. The number of nitrogens with one attached hydrogen (secondary N) is 1. The first-order chi connectivity index (χ1) is 11.8. The van der Waals surface area contributed by atoms with E-state index in [1.807, 2.05) is 4.90 Å². The monoisotopic (exact) mass is 326 g/mol. The molecule has 2 saturated heterocycles. The van der Waals surface area contributed by atoms with Gasteiger partial charge in [-0.2, -0.15) is 0 Å². The van der Waals surface area contributed by atoms with Crippen LogP contribution in [0.15, 0.2) is 24.8 Å². The minimum absolute atomic E-state index is 0.0125. The average molecular weight is 326 g/mol. The number of hydrogen-bond donors (Lipinski definition) is 1. The quantitative estimate of drug-likeness (QED) is 0.888. The molecule has 4 rings (SSSR count). The highest BCUT2D eigenvalue weighted by molar-refractivity contribution is 5.82. The molecule has 8 nitrogen and oxygen atoms in total. The third kappa shape index (κ3) is 2.92. The third-order valence-corrected chi connectivity index (χ3v) is 4.20. The molecule has 0 bridgehead atoms. The Morgan fingerprint density at radius 1 is 1.25 bits per heavy atom. The second-order valence-corrected chi connectivity index (χ2v) is 5.83. The molecular weight excluding hydrogens is 308 g/mol. The molecule has 8 heteroatoms. The zero-order valence-corrected chi connectivity index (χ0v) is 13.2. The van der Waals surface area contributed by atoms with E-state index in [0.717, 1.165) is 36.4 Å². The lowest BCUT2D eigenvalue weighted by Crippen LogP contribution is -2.48. The van der Waals surface area contributed by atoms with Gasteiger partial charge in [0.1, 0.15) is 6.10 Å². The fraction of sp³-hybridized carbons (Fsp3) is 0.438. The first-order valence-corrected chi connectivity index (χ1v) is 8.08. The van der Waals surface area contributed by atoms with Crippen LogP contribution in [0.1, 0.15) is 24.6 Å². The van der Waals surface area contributed by atoms with Crippen LogP contribution in [0.3, 0.4) is 0 Å². The molecule has 1 amide bonds. The van der Waals surface area contributed by atoms with Crippen LogP contribution in [0, 0.1) is 0 Å². The number of rotatable bonds is 3. The summed E-state index contributed by atoms with van der Waals surface area (Å²) in [6.07, 6.45) is 8.61. The van der Waals surface area contributed by atoms with Crippen LogP contribution in [-0.4, -0.2) is 52.1 Å². The van der Waals surface area contributed by atoms with Crippen molar-refractivity contribution in [2.75, 3.05) is 31.1 Å². The van der Waals surface area contributed by atoms with Crippen LogP contribution in [0.5, 0.6) is 0 Å². The molecule has 4 heterocycles. The topological polar surface area (TPSA) is 93.1 Å². The van der Waals surface area contributed by atoms with E-state index < -0.39 is 0 Å². The van der Waals surface area contributed by atoms with Crippen LogP contribution in [0.25, 0.3) is 11.3 Å². The summed E-state index contributed by atoms with van der Waals surface area (Å²) in [7, 11) is 0. The van der Waals surface area contributed by atoms with Gasteiger partial charge in [-0.05, 0) is 12.8 Å². The number of anilines is 1.